The average molecular weight is 341 g/mol. The van der Waals surface area contributed by atoms with Gasteiger partial charge in [0.2, 0.25) is 0 Å². The van der Waals surface area contributed by atoms with Crippen molar-refractivity contribution in [2.24, 2.45) is 0 Å². The third-order valence-electron chi connectivity index (χ3n) is 3.49. The van der Waals surface area contributed by atoms with Crippen LogP contribution in [0.15, 0.2) is 42.6 Å². The Bertz CT molecular complexity index is 1010. The lowest BCUT2D eigenvalue weighted by Gasteiger charge is -2.09. The molecule has 1 radical (unpaired) electrons. The van der Waals surface area contributed by atoms with Gasteiger partial charge in [-0.15, -0.1) is 5.10 Å². The number of nitrogens with one attached hydrogen (secondary N) is 1. The van der Waals surface area contributed by atoms with Crippen LogP contribution in [0.1, 0.15) is 0 Å². The fourth-order valence-electron chi connectivity index (χ4n) is 2.40. The fourth-order valence-corrected chi connectivity index (χ4v) is 2.90. The Balaban J connectivity index is 1.92. The van der Waals surface area contributed by atoms with Gasteiger partial charge in [-0.1, -0.05) is 34.5 Å². The van der Waals surface area contributed by atoms with E-state index in [2.05, 4.69) is 31.7 Å². The zero-order valence-corrected chi connectivity index (χ0v) is 13.1. The number of H-pyrrole nitrogens is 1. The molecule has 0 bridgehead atoms. The molecular weight excluding hydrogens is 333 g/mol. The minimum Gasteiger partial charge on any atom is -0.258 e. The van der Waals surface area contributed by atoms with E-state index in [4.69, 9.17) is 23.2 Å². The van der Waals surface area contributed by atoms with Gasteiger partial charge in [0, 0.05) is 22.3 Å². The van der Waals surface area contributed by atoms with Crippen LogP contribution < -0.4 is 0 Å². The summed E-state index contributed by atoms with van der Waals surface area (Å²) in [5, 5.41) is 11.7. The smallest absolute Gasteiger partial charge is 0.198 e. The fraction of sp³-hybridized carbons (Fsp3) is 0. The Morgan fingerprint density at radius 2 is 1.91 bits per heavy atom. The minimum atomic E-state index is 0.522. The van der Waals surface area contributed by atoms with Gasteiger partial charge >= 0.3 is 0 Å². The molecule has 0 unspecified atom stereocenters. The first-order chi connectivity index (χ1) is 11.2. The summed E-state index contributed by atoms with van der Waals surface area (Å²) in [7, 11) is 0. The molecule has 0 saturated heterocycles. The van der Waals surface area contributed by atoms with E-state index in [1.807, 2.05) is 24.3 Å². The molecule has 4 rings (SSSR count). The highest BCUT2D eigenvalue weighted by Crippen LogP contribution is 2.35. The zero-order valence-electron chi connectivity index (χ0n) is 11.6. The van der Waals surface area contributed by atoms with Crippen LogP contribution in [-0.4, -0.2) is 25.4 Å². The number of fused-ring (bicyclic) bond motifs is 1. The summed E-state index contributed by atoms with van der Waals surface area (Å²) in [6, 6.07) is 11.1. The molecule has 0 amide bonds. The molecule has 23 heavy (non-hydrogen) atoms. The quantitative estimate of drug-likeness (QED) is 0.594. The molecule has 0 fully saturated rings. The Labute approximate surface area is 141 Å². The van der Waals surface area contributed by atoms with E-state index in [-0.39, 0.29) is 0 Å². The number of hydrogen-bond acceptors (Lipinski definition) is 4. The van der Waals surface area contributed by atoms with Crippen LogP contribution >= 0.6 is 23.2 Å². The lowest BCUT2D eigenvalue weighted by Crippen LogP contribution is -1.92. The number of hydrogen-bond donors (Lipinski definition) is 1. The normalized spacial score (nSPS) is 11.0. The highest BCUT2D eigenvalue weighted by atomic mass is 35.5. The molecule has 1 N–H and O–H groups in total. The van der Waals surface area contributed by atoms with Crippen LogP contribution in [0, 0.1) is 6.33 Å². The molecule has 0 aliphatic carbocycles. The molecule has 111 valence electrons. The van der Waals surface area contributed by atoms with E-state index >= 15 is 0 Å². The maximum Gasteiger partial charge on any atom is 0.198 e. The zero-order chi connectivity index (χ0) is 15.8. The first kappa shape index (κ1) is 14.1. The summed E-state index contributed by atoms with van der Waals surface area (Å²) in [4.78, 5) is 8.29. The number of halogens is 2. The molecule has 0 atom stereocenters. The number of aromatic nitrogens is 5. The molecule has 0 aliphatic rings. The highest BCUT2D eigenvalue weighted by molar-refractivity contribution is 6.36. The highest BCUT2D eigenvalue weighted by Gasteiger charge is 2.13. The monoisotopic (exact) mass is 340 g/mol. The lowest BCUT2D eigenvalue weighted by atomic mass is 10.0. The number of aromatic amines is 1. The molecule has 0 spiro atoms. The Morgan fingerprint density at radius 1 is 1.00 bits per heavy atom. The van der Waals surface area contributed by atoms with E-state index in [1.54, 1.807) is 18.3 Å². The van der Waals surface area contributed by atoms with Gasteiger partial charge in [-0.2, -0.15) is 0 Å². The summed E-state index contributed by atoms with van der Waals surface area (Å²) >= 11 is 12.3. The van der Waals surface area contributed by atoms with Crippen molar-refractivity contribution < 1.29 is 0 Å². The van der Waals surface area contributed by atoms with E-state index in [1.165, 1.54) is 0 Å². The standard InChI is InChI=1S/C16H8Cl2N5/c17-10-2-3-11(13(18)6-10)16-12(7-19-8-20-16)9-1-4-14-15(5-9)22-23-21-14/h1-7H,(H,21,22,23). The van der Waals surface area contributed by atoms with Crippen LogP contribution in [0.3, 0.4) is 0 Å². The topological polar surface area (TPSA) is 67.3 Å². The van der Waals surface area contributed by atoms with E-state index in [0.29, 0.717) is 15.7 Å². The van der Waals surface area contributed by atoms with Crippen molar-refractivity contribution in [1.29, 1.82) is 0 Å². The van der Waals surface area contributed by atoms with Crippen molar-refractivity contribution in [2.75, 3.05) is 0 Å². The van der Waals surface area contributed by atoms with Crippen molar-refractivity contribution in [3.63, 3.8) is 0 Å². The van der Waals surface area contributed by atoms with E-state index in [0.717, 1.165) is 27.7 Å². The Morgan fingerprint density at radius 3 is 2.78 bits per heavy atom. The first-order valence-electron chi connectivity index (χ1n) is 6.72. The van der Waals surface area contributed by atoms with Gasteiger partial charge in [-0.05, 0) is 35.9 Å². The molecule has 2 aromatic heterocycles. The van der Waals surface area contributed by atoms with E-state index in [9.17, 15) is 0 Å². The van der Waals surface area contributed by atoms with Gasteiger partial charge in [-0.3, -0.25) is 5.10 Å². The Kier molecular flexibility index (Phi) is 3.44. The maximum absolute atomic E-state index is 6.32. The van der Waals surface area contributed by atoms with Crippen molar-refractivity contribution in [3.05, 3.63) is 59.0 Å². The summed E-state index contributed by atoms with van der Waals surface area (Å²) in [5.74, 6) is 0. The molecule has 0 aliphatic heterocycles. The second kappa shape index (κ2) is 5.61. The SMILES string of the molecule is Clc1ccc(-c2n[c]ncc2-c2ccc3[nH]nnc3c2)c(Cl)c1. The van der Waals surface area contributed by atoms with Gasteiger partial charge < -0.3 is 0 Å². The predicted molar refractivity (Wildman–Crippen MR) is 89.2 cm³/mol. The van der Waals surface area contributed by atoms with Crippen LogP contribution in [0.5, 0.6) is 0 Å². The molecular formula is C16H8Cl2N5. The van der Waals surface area contributed by atoms with Gasteiger partial charge in [0.15, 0.2) is 6.33 Å². The molecule has 2 aromatic carbocycles. The largest absolute Gasteiger partial charge is 0.258 e. The number of nitrogens with zero attached hydrogens (tertiary/aromatic N) is 4. The van der Waals surface area contributed by atoms with Crippen molar-refractivity contribution >= 4 is 34.2 Å². The molecule has 4 aromatic rings. The van der Waals surface area contributed by atoms with Crippen LogP contribution in [0.2, 0.25) is 10.0 Å². The summed E-state index contributed by atoms with van der Waals surface area (Å²) in [6.07, 6.45) is 4.32. The molecule has 5 nitrogen and oxygen atoms in total. The van der Waals surface area contributed by atoms with Gasteiger partial charge in [0.1, 0.15) is 5.52 Å². The van der Waals surface area contributed by atoms with Crippen LogP contribution in [0.25, 0.3) is 33.4 Å². The lowest BCUT2D eigenvalue weighted by molar-refractivity contribution is 0.959. The van der Waals surface area contributed by atoms with Crippen LogP contribution in [-0.2, 0) is 0 Å². The van der Waals surface area contributed by atoms with Crippen molar-refractivity contribution in [3.8, 4) is 22.4 Å². The van der Waals surface area contributed by atoms with E-state index < -0.39 is 0 Å². The second-order valence-corrected chi connectivity index (χ2v) is 5.74. The average Bonchev–Trinajstić information content (AvgIpc) is 3.02. The summed E-state index contributed by atoms with van der Waals surface area (Å²) in [6.45, 7) is 0. The maximum atomic E-state index is 6.32. The van der Waals surface area contributed by atoms with Gasteiger partial charge in [0.25, 0.3) is 0 Å². The Hall–Kier alpha value is -2.50. The second-order valence-electron chi connectivity index (χ2n) is 4.90. The predicted octanol–water partition coefficient (Wildman–Crippen LogP) is 4.19. The minimum absolute atomic E-state index is 0.522. The molecule has 2 heterocycles. The van der Waals surface area contributed by atoms with Crippen LogP contribution in [0.4, 0.5) is 0 Å². The van der Waals surface area contributed by atoms with Gasteiger partial charge in [-0.25, -0.2) is 9.97 Å². The van der Waals surface area contributed by atoms with Crippen molar-refractivity contribution in [1.82, 2.24) is 25.4 Å². The summed E-state index contributed by atoms with van der Waals surface area (Å²) < 4.78 is 0. The third kappa shape index (κ3) is 2.54. The third-order valence-corrected chi connectivity index (χ3v) is 4.04. The number of rotatable bonds is 2. The molecule has 7 heteroatoms. The number of benzene rings is 2. The van der Waals surface area contributed by atoms with Crippen molar-refractivity contribution in [2.45, 2.75) is 0 Å². The first-order valence-corrected chi connectivity index (χ1v) is 7.47. The molecule has 0 saturated carbocycles. The van der Waals surface area contributed by atoms with Gasteiger partial charge in [0.05, 0.1) is 16.2 Å². The summed E-state index contributed by atoms with van der Waals surface area (Å²) in [5.41, 5.74) is 4.83.